The van der Waals surface area contributed by atoms with E-state index >= 15 is 0 Å². The predicted molar refractivity (Wildman–Crippen MR) is 88.9 cm³/mol. The molecule has 0 radical (unpaired) electrons. The van der Waals surface area contributed by atoms with Crippen LogP contribution in [0, 0.1) is 5.92 Å². The highest BCUT2D eigenvalue weighted by Gasteiger charge is 2.33. The van der Waals surface area contributed by atoms with Crippen molar-refractivity contribution in [3.05, 3.63) is 45.1 Å². The summed E-state index contributed by atoms with van der Waals surface area (Å²) in [6.45, 7) is 0. The van der Waals surface area contributed by atoms with E-state index in [9.17, 15) is 8.42 Å². The number of hydrogen-bond donors (Lipinski definition) is 2. The van der Waals surface area contributed by atoms with Crippen LogP contribution in [0.3, 0.4) is 0 Å². The van der Waals surface area contributed by atoms with Gasteiger partial charge in [-0.3, -0.25) is 0 Å². The zero-order chi connectivity index (χ0) is 15.0. The number of anilines is 1. The Labute approximate surface area is 136 Å². The van der Waals surface area contributed by atoms with Crippen molar-refractivity contribution in [2.45, 2.75) is 23.8 Å². The van der Waals surface area contributed by atoms with Crippen LogP contribution in [0.4, 0.5) is 5.69 Å². The Kier molecular flexibility index (Phi) is 4.09. The molecule has 0 aliphatic heterocycles. The molecular weight excluding hydrogens is 372 g/mol. The Morgan fingerprint density at radius 1 is 1.33 bits per heavy atom. The van der Waals surface area contributed by atoms with Gasteiger partial charge in [-0.15, -0.1) is 11.3 Å². The smallest absolute Gasteiger partial charge is 0.238 e. The zero-order valence-corrected chi connectivity index (χ0v) is 14.3. The van der Waals surface area contributed by atoms with Crippen LogP contribution < -0.4 is 10.5 Å². The van der Waals surface area contributed by atoms with Crippen molar-refractivity contribution >= 4 is 43.0 Å². The number of nitrogens with two attached hydrogens (primary N) is 1. The molecule has 1 fully saturated rings. The standard InChI is InChI=1S/C14H15BrN2O2S2/c15-11-8-10(21(16,18)19)5-6-12(11)17-14(9-3-4-9)13-2-1-7-20-13/h1-2,5-9,14,17H,3-4H2,(H2,16,18,19). The Morgan fingerprint density at radius 3 is 2.62 bits per heavy atom. The van der Waals surface area contributed by atoms with E-state index in [0.29, 0.717) is 10.4 Å². The summed E-state index contributed by atoms with van der Waals surface area (Å²) in [7, 11) is -3.67. The first-order chi connectivity index (χ1) is 9.95. The van der Waals surface area contributed by atoms with Crippen molar-refractivity contribution in [3.8, 4) is 0 Å². The van der Waals surface area contributed by atoms with Gasteiger partial charge in [-0.05, 0) is 64.3 Å². The Morgan fingerprint density at radius 2 is 2.10 bits per heavy atom. The molecule has 7 heteroatoms. The second-order valence-electron chi connectivity index (χ2n) is 5.16. The van der Waals surface area contributed by atoms with E-state index in [1.54, 1.807) is 17.4 Å². The van der Waals surface area contributed by atoms with Gasteiger partial charge in [0, 0.05) is 15.0 Å². The number of nitrogens with one attached hydrogen (secondary N) is 1. The van der Waals surface area contributed by atoms with Gasteiger partial charge in [0.25, 0.3) is 0 Å². The summed E-state index contributed by atoms with van der Waals surface area (Å²) in [6, 6.07) is 9.29. The largest absolute Gasteiger partial charge is 0.376 e. The van der Waals surface area contributed by atoms with Crippen molar-refractivity contribution in [3.63, 3.8) is 0 Å². The first-order valence-electron chi connectivity index (χ1n) is 6.57. The van der Waals surface area contributed by atoms with Crippen molar-refractivity contribution < 1.29 is 8.42 Å². The zero-order valence-electron chi connectivity index (χ0n) is 11.1. The molecule has 4 nitrogen and oxygen atoms in total. The predicted octanol–water partition coefficient (Wildman–Crippen LogP) is 3.72. The molecule has 3 N–H and O–H groups in total. The quantitative estimate of drug-likeness (QED) is 0.821. The third-order valence-electron chi connectivity index (χ3n) is 3.52. The maximum Gasteiger partial charge on any atom is 0.238 e. The van der Waals surface area contributed by atoms with Gasteiger partial charge in [-0.2, -0.15) is 0 Å². The van der Waals surface area contributed by atoms with E-state index in [1.807, 2.05) is 0 Å². The summed E-state index contributed by atoms with van der Waals surface area (Å²) in [5.41, 5.74) is 0.882. The molecule has 0 spiro atoms. The fourth-order valence-electron chi connectivity index (χ4n) is 2.28. The van der Waals surface area contributed by atoms with Crippen LogP contribution in [0.15, 0.2) is 45.1 Å². The monoisotopic (exact) mass is 386 g/mol. The van der Waals surface area contributed by atoms with E-state index in [2.05, 4.69) is 38.8 Å². The minimum atomic E-state index is -3.67. The summed E-state index contributed by atoms with van der Waals surface area (Å²) in [5, 5.41) is 10.7. The van der Waals surface area contributed by atoms with Gasteiger partial charge in [-0.1, -0.05) is 6.07 Å². The molecule has 1 aromatic carbocycles. The average Bonchev–Trinajstić information content (AvgIpc) is 3.10. The van der Waals surface area contributed by atoms with Gasteiger partial charge in [0.2, 0.25) is 10.0 Å². The van der Waals surface area contributed by atoms with Crippen molar-refractivity contribution in [2.75, 3.05) is 5.32 Å². The van der Waals surface area contributed by atoms with E-state index in [4.69, 9.17) is 5.14 Å². The third-order valence-corrected chi connectivity index (χ3v) is 6.05. The molecule has 1 unspecified atom stereocenters. The number of rotatable bonds is 5. The van der Waals surface area contributed by atoms with Crippen LogP contribution in [0.2, 0.25) is 0 Å². The van der Waals surface area contributed by atoms with E-state index in [1.165, 1.54) is 29.9 Å². The molecule has 1 aromatic heterocycles. The van der Waals surface area contributed by atoms with Gasteiger partial charge in [0.1, 0.15) is 0 Å². The lowest BCUT2D eigenvalue weighted by Gasteiger charge is -2.19. The molecule has 1 aliphatic rings. The molecule has 0 bridgehead atoms. The fourth-order valence-corrected chi connectivity index (χ4v) is 4.33. The van der Waals surface area contributed by atoms with Crippen molar-refractivity contribution in [1.82, 2.24) is 0 Å². The molecule has 1 atom stereocenters. The van der Waals surface area contributed by atoms with Gasteiger partial charge < -0.3 is 5.32 Å². The maximum absolute atomic E-state index is 11.4. The first kappa shape index (κ1) is 15.0. The summed E-state index contributed by atoms with van der Waals surface area (Å²) in [5.74, 6) is 0.647. The van der Waals surface area contributed by atoms with E-state index < -0.39 is 10.0 Å². The fraction of sp³-hybridized carbons (Fsp3) is 0.286. The van der Waals surface area contributed by atoms with Gasteiger partial charge >= 0.3 is 0 Å². The molecule has 112 valence electrons. The molecular formula is C14H15BrN2O2S2. The molecule has 0 amide bonds. The summed E-state index contributed by atoms with van der Waals surface area (Å²) < 4.78 is 23.4. The summed E-state index contributed by atoms with van der Waals surface area (Å²) in [4.78, 5) is 1.42. The topological polar surface area (TPSA) is 72.2 Å². The molecule has 21 heavy (non-hydrogen) atoms. The van der Waals surface area contributed by atoms with E-state index in [-0.39, 0.29) is 10.9 Å². The number of benzene rings is 1. The molecule has 1 saturated carbocycles. The van der Waals surface area contributed by atoms with Crippen LogP contribution in [0.1, 0.15) is 23.8 Å². The second-order valence-corrected chi connectivity index (χ2v) is 8.56. The van der Waals surface area contributed by atoms with Crippen LogP contribution in [0.5, 0.6) is 0 Å². The Balaban J connectivity index is 1.87. The highest BCUT2D eigenvalue weighted by molar-refractivity contribution is 9.10. The van der Waals surface area contributed by atoms with Gasteiger partial charge in [0.15, 0.2) is 0 Å². The minimum absolute atomic E-state index is 0.110. The van der Waals surface area contributed by atoms with Gasteiger partial charge in [0.05, 0.1) is 10.9 Å². The van der Waals surface area contributed by atoms with Crippen LogP contribution in [0.25, 0.3) is 0 Å². The minimum Gasteiger partial charge on any atom is -0.376 e. The lowest BCUT2D eigenvalue weighted by molar-refractivity contribution is 0.597. The molecule has 1 heterocycles. The first-order valence-corrected chi connectivity index (χ1v) is 9.79. The maximum atomic E-state index is 11.4. The molecule has 2 aromatic rings. The SMILES string of the molecule is NS(=O)(=O)c1ccc(NC(c2cccs2)C2CC2)c(Br)c1. The molecule has 0 saturated heterocycles. The number of hydrogen-bond acceptors (Lipinski definition) is 4. The van der Waals surface area contributed by atoms with E-state index in [0.717, 1.165) is 5.69 Å². The summed E-state index contributed by atoms with van der Waals surface area (Å²) >= 11 is 5.16. The third kappa shape index (κ3) is 3.48. The van der Waals surface area contributed by atoms with Crippen molar-refractivity contribution in [1.29, 1.82) is 0 Å². The number of sulfonamides is 1. The van der Waals surface area contributed by atoms with Gasteiger partial charge in [-0.25, -0.2) is 13.6 Å². The second kappa shape index (κ2) is 5.72. The Bertz CT molecular complexity index is 740. The van der Waals surface area contributed by atoms with Crippen LogP contribution in [-0.4, -0.2) is 8.42 Å². The summed E-state index contributed by atoms with van der Waals surface area (Å²) in [6.07, 6.45) is 2.45. The number of thiophene rings is 1. The lowest BCUT2D eigenvalue weighted by atomic mass is 10.1. The Hall–Kier alpha value is -0.890. The molecule has 1 aliphatic carbocycles. The highest BCUT2D eigenvalue weighted by Crippen LogP contribution is 2.45. The van der Waals surface area contributed by atoms with Crippen LogP contribution >= 0.6 is 27.3 Å². The van der Waals surface area contributed by atoms with Crippen LogP contribution in [-0.2, 0) is 10.0 Å². The average molecular weight is 387 g/mol. The highest BCUT2D eigenvalue weighted by atomic mass is 79.9. The lowest BCUT2D eigenvalue weighted by Crippen LogP contribution is -2.14. The number of primary sulfonamides is 1. The van der Waals surface area contributed by atoms with Crippen molar-refractivity contribution in [2.24, 2.45) is 11.1 Å². The molecule has 3 rings (SSSR count). The number of halogens is 1. The normalized spacial score (nSPS) is 16.7.